The second-order valence-electron chi connectivity index (χ2n) is 6.67. The molecule has 0 aromatic heterocycles. The van der Waals surface area contributed by atoms with Crippen LogP contribution in [0.3, 0.4) is 0 Å². The minimum absolute atomic E-state index is 0.364. The molecule has 1 aromatic rings. The third kappa shape index (κ3) is 3.41. The molecule has 0 amide bonds. The average molecular weight is 289 g/mol. The highest BCUT2D eigenvalue weighted by Crippen LogP contribution is 2.38. The maximum Gasteiger partial charge on any atom is 0.0412 e. The van der Waals surface area contributed by atoms with Crippen molar-refractivity contribution in [2.75, 3.05) is 39.1 Å². The van der Waals surface area contributed by atoms with Gasteiger partial charge in [-0.25, -0.2) is 0 Å². The molecule has 0 aliphatic heterocycles. The van der Waals surface area contributed by atoms with Crippen LogP contribution in [0.25, 0.3) is 0 Å². The molecule has 118 valence electrons. The number of benzene rings is 1. The maximum absolute atomic E-state index is 3.53. The Bertz CT molecular complexity index is 452. The van der Waals surface area contributed by atoms with Gasteiger partial charge in [-0.15, -0.1) is 0 Å². The first-order valence-corrected chi connectivity index (χ1v) is 8.21. The zero-order chi connectivity index (χ0) is 15.5. The fourth-order valence-corrected chi connectivity index (χ4v) is 3.48. The zero-order valence-corrected chi connectivity index (χ0v) is 14.3. The molecule has 1 N–H and O–H groups in total. The van der Waals surface area contributed by atoms with E-state index in [1.807, 2.05) is 0 Å². The second kappa shape index (κ2) is 6.80. The fourth-order valence-electron chi connectivity index (χ4n) is 3.48. The van der Waals surface area contributed by atoms with Gasteiger partial charge in [-0.1, -0.05) is 25.1 Å². The van der Waals surface area contributed by atoms with Crippen molar-refractivity contribution in [3.8, 4) is 0 Å². The lowest BCUT2D eigenvalue weighted by Gasteiger charge is -2.49. The largest absolute Gasteiger partial charge is 0.372 e. The van der Waals surface area contributed by atoms with E-state index in [0.717, 1.165) is 13.1 Å². The Labute approximate surface area is 130 Å². The van der Waals surface area contributed by atoms with E-state index < -0.39 is 0 Å². The normalized spacial score (nSPS) is 18.4. The molecule has 1 fully saturated rings. The number of para-hydroxylation sites is 1. The van der Waals surface area contributed by atoms with Gasteiger partial charge in [0.2, 0.25) is 0 Å². The Hall–Kier alpha value is -1.06. The molecule has 1 aliphatic carbocycles. The molecular formula is C18H31N3. The SMILES string of the molecule is CCNC(C)c1ccccc1N(C)CC1(N(C)C)CCC1. The first kappa shape index (κ1) is 16.3. The van der Waals surface area contributed by atoms with Crippen LogP contribution >= 0.6 is 0 Å². The Balaban J connectivity index is 2.17. The molecule has 0 radical (unpaired) electrons. The standard InChI is InChI=1S/C18H31N3/c1-6-19-15(2)16-10-7-8-11-17(16)21(5)14-18(20(3)4)12-9-13-18/h7-8,10-11,15,19H,6,9,12-14H2,1-5H3. The van der Waals surface area contributed by atoms with Gasteiger partial charge in [-0.05, 0) is 58.5 Å². The Morgan fingerprint density at radius 2 is 1.86 bits per heavy atom. The summed E-state index contributed by atoms with van der Waals surface area (Å²) in [6.07, 6.45) is 3.99. The van der Waals surface area contributed by atoms with Crippen LogP contribution in [-0.4, -0.2) is 44.7 Å². The van der Waals surface area contributed by atoms with Crippen LogP contribution in [0, 0.1) is 0 Å². The minimum atomic E-state index is 0.364. The third-order valence-electron chi connectivity index (χ3n) is 5.09. The lowest BCUT2D eigenvalue weighted by molar-refractivity contribution is 0.0683. The van der Waals surface area contributed by atoms with Gasteiger partial charge >= 0.3 is 0 Å². The monoisotopic (exact) mass is 289 g/mol. The van der Waals surface area contributed by atoms with E-state index in [1.165, 1.54) is 30.5 Å². The van der Waals surface area contributed by atoms with Crippen molar-refractivity contribution in [2.24, 2.45) is 0 Å². The number of nitrogens with one attached hydrogen (secondary N) is 1. The van der Waals surface area contributed by atoms with Gasteiger partial charge < -0.3 is 15.1 Å². The van der Waals surface area contributed by atoms with Crippen molar-refractivity contribution in [1.29, 1.82) is 0 Å². The van der Waals surface area contributed by atoms with Crippen molar-refractivity contribution >= 4 is 5.69 Å². The van der Waals surface area contributed by atoms with Gasteiger partial charge in [-0.3, -0.25) is 0 Å². The quantitative estimate of drug-likeness (QED) is 0.831. The van der Waals surface area contributed by atoms with Gasteiger partial charge in [-0.2, -0.15) is 0 Å². The van der Waals surface area contributed by atoms with Crippen LogP contribution in [0.15, 0.2) is 24.3 Å². The molecule has 1 saturated carbocycles. The van der Waals surface area contributed by atoms with Gasteiger partial charge in [0.25, 0.3) is 0 Å². The van der Waals surface area contributed by atoms with Gasteiger partial charge in [0, 0.05) is 30.9 Å². The highest BCUT2D eigenvalue weighted by molar-refractivity contribution is 5.54. The van der Waals surface area contributed by atoms with Gasteiger partial charge in [0.15, 0.2) is 0 Å². The number of nitrogens with zero attached hydrogens (tertiary/aromatic N) is 2. The Morgan fingerprint density at radius 3 is 2.38 bits per heavy atom. The predicted octanol–water partition coefficient (Wildman–Crippen LogP) is 3.28. The predicted molar refractivity (Wildman–Crippen MR) is 92.1 cm³/mol. The summed E-state index contributed by atoms with van der Waals surface area (Å²) in [5, 5.41) is 3.53. The summed E-state index contributed by atoms with van der Waals surface area (Å²) in [6, 6.07) is 9.20. The summed E-state index contributed by atoms with van der Waals surface area (Å²) in [6.45, 7) is 6.52. The van der Waals surface area contributed by atoms with Crippen molar-refractivity contribution < 1.29 is 0 Å². The lowest BCUT2D eigenvalue weighted by Crippen LogP contribution is -2.56. The van der Waals surface area contributed by atoms with E-state index in [9.17, 15) is 0 Å². The molecule has 1 atom stereocenters. The molecule has 3 heteroatoms. The number of hydrogen-bond acceptors (Lipinski definition) is 3. The molecule has 1 unspecified atom stereocenters. The van der Waals surface area contributed by atoms with E-state index in [-0.39, 0.29) is 0 Å². The van der Waals surface area contributed by atoms with Crippen LogP contribution < -0.4 is 10.2 Å². The average Bonchev–Trinajstić information content (AvgIpc) is 2.42. The highest BCUT2D eigenvalue weighted by atomic mass is 15.2. The Morgan fingerprint density at radius 1 is 1.19 bits per heavy atom. The van der Waals surface area contributed by atoms with E-state index in [2.05, 4.69) is 74.4 Å². The molecule has 0 spiro atoms. The molecule has 0 bridgehead atoms. The highest BCUT2D eigenvalue weighted by Gasteiger charge is 2.40. The summed E-state index contributed by atoms with van der Waals surface area (Å²) in [4.78, 5) is 4.87. The smallest absolute Gasteiger partial charge is 0.0412 e. The molecule has 0 saturated heterocycles. The van der Waals surface area contributed by atoms with Crippen molar-refractivity contribution in [2.45, 2.75) is 44.7 Å². The van der Waals surface area contributed by atoms with Crippen molar-refractivity contribution in [1.82, 2.24) is 10.2 Å². The molecule has 1 aliphatic rings. The van der Waals surface area contributed by atoms with Crippen molar-refractivity contribution in [3.05, 3.63) is 29.8 Å². The minimum Gasteiger partial charge on any atom is -0.372 e. The zero-order valence-electron chi connectivity index (χ0n) is 14.3. The summed E-state index contributed by atoms with van der Waals surface area (Å²) >= 11 is 0. The maximum atomic E-state index is 3.53. The second-order valence-corrected chi connectivity index (χ2v) is 6.67. The molecule has 21 heavy (non-hydrogen) atoms. The van der Waals surface area contributed by atoms with Crippen LogP contribution in [-0.2, 0) is 0 Å². The van der Waals surface area contributed by atoms with Gasteiger partial charge in [0.05, 0.1) is 0 Å². The molecule has 0 heterocycles. The molecular weight excluding hydrogens is 258 g/mol. The first-order chi connectivity index (χ1) is 10.00. The fraction of sp³-hybridized carbons (Fsp3) is 0.667. The van der Waals surface area contributed by atoms with E-state index >= 15 is 0 Å². The van der Waals surface area contributed by atoms with E-state index in [4.69, 9.17) is 0 Å². The van der Waals surface area contributed by atoms with Gasteiger partial charge in [0.1, 0.15) is 0 Å². The third-order valence-corrected chi connectivity index (χ3v) is 5.09. The van der Waals surface area contributed by atoms with E-state index in [0.29, 0.717) is 11.6 Å². The van der Waals surface area contributed by atoms with Crippen LogP contribution in [0.5, 0.6) is 0 Å². The Kier molecular flexibility index (Phi) is 5.28. The molecule has 2 rings (SSSR count). The molecule has 1 aromatic carbocycles. The summed E-state index contributed by atoms with van der Waals surface area (Å²) in [5.74, 6) is 0. The van der Waals surface area contributed by atoms with Crippen LogP contribution in [0.4, 0.5) is 5.69 Å². The number of hydrogen-bond donors (Lipinski definition) is 1. The summed E-state index contributed by atoms with van der Waals surface area (Å²) < 4.78 is 0. The number of rotatable bonds is 7. The summed E-state index contributed by atoms with van der Waals surface area (Å²) in [5.41, 5.74) is 3.12. The number of anilines is 1. The van der Waals surface area contributed by atoms with Crippen molar-refractivity contribution in [3.63, 3.8) is 0 Å². The lowest BCUT2D eigenvalue weighted by atomic mass is 9.75. The van der Waals surface area contributed by atoms with E-state index in [1.54, 1.807) is 0 Å². The number of likely N-dealkylation sites (N-methyl/N-ethyl adjacent to an activating group) is 2. The summed E-state index contributed by atoms with van der Waals surface area (Å²) in [7, 11) is 6.68. The first-order valence-electron chi connectivity index (χ1n) is 8.21. The topological polar surface area (TPSA) is 18.5 Å². The molecule has 3 nitrogen and oxygen atoms in total. The van der Waals surface area contributed by atoms with Crippen LogP contribution in [0.2, 0.25) is 0 Å². The van der Waals surface area contributed by atoms with Crippen LogP contribution in [0.1, 0.15) is 44.7 Å².